The van der Waals surface area contributed by atoms with E-state index in [9.17, 15) is 0 Å². The Labute approximate surface area is 130 Å². The standard InChI is InChI=1S/C18H18N2O2/c1-2-11-21-16-8-7-15(20-12-16)13-22-18-17-6-4-3-5-14(17)9-10-19-18/h2-8,12H,1,9-11,13H2. The van der Waals surface area contributed by atoms with Gasteiger partial charge in [-0.15, -0.1) is 0 Å². The third-order valence-electron chi connectivity index (χ3n) is 3.41. The third-order valence-corrected chi connectivity index (χ3v) is 3.41. The van der Waals surface area contributed by atoms with Crippen LogP contribution in [0.5, 0.6) is 5.75 Å². The summed E-state index contributed by atoms with van der Waals surface area (Å²) in [5.74, 6) is 1.43. The quantitative estimate of drug-likeness (QED) is 0.796. The summed E-state index contributed by atoms with van der Waals surface area (Å²) < 4.78 is 11.3. The van der Waals surface area contributed by atoms with Gasteiger partial charge < -0.3 is 9.47 Å². The minimum Gasteiger partial charge on any atom is -0.488 e. The molecule has 1 aromatic carbocycles. The largest absolute Gasteiger partial charge is 0.488 e. The number of nitrogens with zero attached hydrogens (tertiary/aromatic N) is 2. The first-order valence-corrected chi connectivity index (χ1v) is 7.31. The van der Waals surface area contributed by atoms with Crippen molar-refractivity contribution in [2.45, 2.75) is 13.0 Å². The van der Waals surface area contributed by atoms with Gasteiger partial charge in [-0.25, -0.2) is 0 Å². The van der Waals surface area contributed by atoms with Crippen LogP contribution < -0.4 is 4.74 Å². The Balaban J connectivity index is 1.63. The van der Waals surface area contributed by atoms with Crippen LogP contribution in [0.25, 0.3) is 0 Å². The van der Waals surface area contributed by atoms with Gasteiger partial charge in [-0.3, -0.25) is 9.98 Å². The average molecular weight is 294 g/mol. The molecule has 2 aromatic rings. The Hall–Kier alpha value is -2.62. The van der Waals surface area contributed by atoms with E-state index in [2.05, 4.69) is 22.6 Å². The highest BCUT2D eigenvalue weighted by molar-refractivity contribution is 5.96. The van der Waals surface area contributed by atoms with Crippen LogP contribution in [0.2, 0.25) is 0 Å². The molecule has 22 heavy (non-hydrogen) atoms. The SMILES string of the molecule is C=CCOc1ccc(COC2=NCCc3ccccc32)nc1. The molecule has 2 heterocycles. The lowest BCUT2D eigenvalue weighted by Gasteiger charge is -2.17. The number of hydrogen-bond acceptors (Lipinski definition) is 4. The number of fused-ring (bicyclic) bond motifs is 1. The normalized spacial score (nSPS) is 13.0. The van der Waals surface area contributed by atoms with E-state index in [-0.39, 0.29) is 0 Å². The van der Waals surface area contributed by atoms with E-state index in [4.69, 9.17) is 9.47 Å². The highest BCUT2D eigenvalue weighted by Gasteiger charge is 2.14. The van der Waals surface area contributed by atoms with Crippen molar-refractivity contribution >= 4 is 5.90 Å². The van der Waals surface area contributed by atoms with Crippen molar-refractivity contribution < 1.29 is 9.47 Å². The summed E-state index contributed by atoms with van der Waals surface area (Å²) in [6, 6.07) is 12.0. The Bertz CT molecular complexity index is 678. The summed E-state index contributed by atoms with van der Waals surface area (Å²) in [7, 11) is 0. The summed E-state index contributed by atoms with van der Waals surface area (Å²) in [5.41, 5.74) is 3.21. The Kier molecular flexibility index (Phi) is 4.49. The first-order chi connectivity index (χ1) is 10.9. The van der Waals surface area contributed by atoms with Crippen LogP contribution in [-0.2, 0) is 17.8 Å². The van der Waals surface area contributed by atoms with Gasteiger partial charge in [0.25, 0.3) is 0 Å². The van der Waals surface area contributed by atoms with Crippen LogP contribution in [-0.4, -0.2) is 24.0 Å². The smallest absolute Gasteiger partial charge is 0.216 e. The van der Waals surface area contributed by atoms with Crippen LogP contribution in [0, 0.1) is 0 Å². The fraction of sp³-hybridized carbons (Fsp3) is 0.222. The number of aromatic nitrogens is 1. The molecule has 0 fully saturated rings. The Morgan fingerprint density at radius 3 is 2.86 bits per heavy atom. The zero-order chi connectivity index (χ0) is 15.2. The maximum atomic E-state index is 5.85. The first kappa shape index (κ1) is 14.3. The number of benzene rings is 1. The second-order valence-electron chi connectivity index (χ2n) is 4.97. The average Bonchev–Trinajstić information content (AvgIpc) is 2.59. The van der Waals surface area contributed by atoms with E-state index in [0.717, 1.165) is 30.0 Å². The molecule has 4 heteroatoms. The van der Waals surface area contributed by atoms with Gasteiger partial charge in [0.1, 0.15) is 19.0 Å². The number of hydrogen-bond donors (Lipinski definition) is 0. The summed E-state index contributed by atoms with van der Waals surface area (Å²) in [4.78, 5) is 8.81. The maximum absolute atomic E-state index is 5.85. The minimum absolute atomic E-state index is 0.398. The monoisotopic (exact) mass is 294 g/mol. The molecule has 0 saturated carbocycles. The van der Waals surface area contributed by atoms with Gasteiger partial charge in [-0.1, -0.05) is 30.9 Å². The van der Waals surface area contributed by atoms with Crippen molar-refractivity contribution in [3.8, 4) is 5.75 Å². The number of rotatable bonds is 5. The molecule has 0 radical (unpaired) electrons. The van der Waals surface area contributed by atoms with Crippen molar-refractivity contribution in [2.24, 2.45) is 4.99 Å². The molecule has 0 saturated heterocycles. The van der Waals surface area contributed by atoms with Crippen molar-refractivity contribution in [3.05, 3.63) is 72.1 Å². The van der Waals surface area contributed by atoms with Gasteiger partial charge in [0.2, 0.25) is 5.90 Å². The van der Waals surface area contributed by atoms with Crippen molar-refractivity contribution in [1.29, 1.82) is 0 Å². The van der Waals surface area contributed by atoms with Gasteiger partial charge in [0, 0.05) is 12.1 Å². The maximum Gasteiger partial charge on any atom is 0.216 e. The lowest BCUT2D eigenvalue weighted by molar-refractivity contribution is 0.285. The van der Waals surface area contributed by atoms with Crippen LogP contribution in [0.15, 0.2) is 60.2 Å². The van der Waals surface area contributed by atoms with E-state index in [0.29, 0.717) is 19.1 Å². The molecule has 1 aromatic heterocycles. The molecular formula is C18H18N2O2. The minimum atomic E-state index is 0.398. The molecule has 0 unspecified atom stereocenters. The molecule has 112 valence electrons. The summed E-state index contributed by atoms with van der Waals surface area (Å²) in [6.45, 7) is 5.26. The summed E-state index contributed by atoms with van der Waals surface area (Å²) in [5, 5.41) is 0. The molecule has 0 atom stereocenters. The van der Waals surface area contributed by atoms with Gasteiger partial charge in [-0.2, -0.15) is 0 Å². The van der Waals surface area contributed by atoms with Gasteiger partial charge in [-0.05, 0) is 30.2 Å². The van der Waals surface area contributed by atoms with Crippen LogP contribution in [0.3, 0.4) is 0 Å². The lowest BCUT2D eigenvalue weighted by atomic mass is 10.0. The molecular weight excluding hydrogens is 276 g/mol. The van der Waals surface area contributed by atoms with Crippen molar-refractivity contribution in [2.75, 3.05) is 13.2 Å². The zero-order valence-electron chi connectivity index (χ0n) is 12.4. The topological polar surface area (TPSA) is 43.7 Å². The van der Waals surface area contributed by atoms with Gasteiger partial charge >= 0.3 is 0 Å². The summed E-state index contributed by atoms with van der Waals surface area (Å²) >= 11 is 0. The van der Waals surface area contributed by atoms with Crippen molar-refractivity contribution in [1.82, 2.24) is 4.98 Å². The fourth-order valence-electron chi connectivity index (χ4n) is 2.31. The molecule has 1 aliphatic rings. The Morgan fingerprint density at radius 2 is 2.05 bits per heavy atom. The predicted molar refractivity (Wildman–Crippen MR) is 86.3 cm³/mol. The highest BCUT2D eigenvalue weighted by Crippen LogP contribution is 2.17. The van der Waals surface area contributed by atoms with E-state index in [1.165, 1.54) is 5.56 Å². The van der Waals surface area contributed by atoms with Crippen LogP contribution in [0.1, 0.15) is 16.8 Å². The van der Waals surface area contributed by atoms with E-state index >= 15 is 0 Å². The van der Waals surface area contributed by atoms with E-state index < -0.39 is 0 Å². The van der Waals surface area contributed by atoms with E-state index in [1.807, 2.05) is 30.3 Å². The Morgan fingerprint density at radius 1 is 1.14 bits per heavy atom. The molecule has 0 aliphatic carbocycles. The lowest BCUT2D eigenvalue weighted by Crippen LogP contribution is -2.16. The molecule has 0 bridgehead atoms. The predicted octanol–water partition coefficient (Wildman–Crippen LogP) is 3.17. The molecule has 0 N–H and O–H groups in total. The number of pyridine rings is 1. The van der Waals surface area contributed by atoms with E-state index in [1.54, 1.807) is 12.3 Å². The first-order valence-electron chi connectivity index (χ1n) is 7.31. The second kappa shape index (κ2) is 6.89. The summed E-state index contributed by atoms with van der Waals surface area (Å²) in [6.07, 6.45) is 4.37. The molecule has 1 aliphatic heterocycles. The van der Waals surface area contributed by atoms with Crippen LogP contribution in [0.4, 0.5) is 0 Å². The zero-order valence-corrected chi connectivity index (χ0v) is 12.4. The van der Waals surface area contributed by atoms with Gasteiger partial charge in [0.15, 0.2) is 0 Å². The van der Waals surface area contributed by atoms with Gasteiger partial charge in [0.05, 0.1) is 11.9 Å². The number of aliphatic imine (C=N–C) groups is 1. The highest BCUT2D eigenvalue weighted by atomic mass is 16.5. The second-order valence-corrected chi connectivity index (χ2v) is 4.97. The fourth-order valence-corrected chi connectivity index (χ4v) is 2.31. The molecule has 4 nitrogen and oxygen atoms in total. The number of ether oxygens (including phenoxy) is 2. The third kappa shape index (κ3) is 3.34. The molecule has 0 amide bonds. The van der Waals surface area contributed by atoms with Crippen molar-refractivity contribution in [3.63, 3.8) is 0 Å². The molecule has 0 spiro atoms. The molecule has 3 rings (SSSR count). The van der Waals surface area contributed by atoms with Crippen LogP contribution >= 0.6 is 0 Å².